The quantitative estimate of drug-likeness (QED) is 0.577. The van der Waals surface area contributed by atoms with E-state index in [0.717, 1.165) is 5.56 Å². The van der Waals surface area contributed by atoms with Crippen molar-refractivity contribution in [3.8, 4) is 0 Å². The molecule has 1 aromatic heterocycles. The molecule has 0 spiro atoms. The maximum absolute atomic E-state index is 11.6. The van der Waals surface area contributed by atoms with Crippen LogP contribution in [-0.2, 0) is 9.59 Å². The third-order valence-electron chi connectivity index (χ3n) is 2.72. The summed E-state index contributed by atoms with van der Waals surface area (Å²) in [4.78, 5) is 33.1. The van der Waals surface area contributed by atoms with Gasteiger partial charge in [0, 0.05) is 5.56 Å². The first-order chi connectivity index (χ1) is 9.81. The number of aromatic nitrogens is 1. The first-order valence-electron chi connectivity index (χ1n) is 6.27. The van der Waals surface area contributed by atoms with Crippen LogP contribution in [0, 0.1) is 13.8 Å². The smallest absolute Gasteiger partial charge is 0.322 e. The van der Waals surface area contributed by atoms with Crippen LogP contribution in [0.3, 0.4) is 0 Å². The summed E-state index contributed by atoms with van der Waals surface area (Å²) in [5.41, 5.74) is 1.46. The molecule has 0 saturated carbocycles. The summed E-state index contributed by atoms with van der Waals surface area (Å²) < 4.78 is 5.01. The summed E-state index contributed by atoms with van der Waals surface area (Å²) in [6.07, 6.45) is 0. The van der Waals surface area contributed by atoms with Crippen molar-refractivity contribution in [2.75, 3.05) is 13.1 Å². The minimum atomic E-state index is -1.15. The van der Waals surface area contributed by atoms with Gasteiger partial charge in [0.05, 0.1) is 18.3 Å². The molecule has 0 saturated heterocycles. The topological polar surface area (TPSA) is 134 Å². The van der Waals surface area contributed by atoms with Gasteiger partial charge in [0.1, 0.15) is 12.3 Å². The Bertz CT molecular complexity index is 520. The number of carboxylic acid groups (broad SMARTS) is 1. The van der Waals surface area contributed by atoms with E-state index in [1.807, 2.05) is 0 Å². The van der Waals surface area contributed by atoms with E-state index < -0.39 is 24.5 Å². The number of rotatable bonds is 6. The highest BCUT2D eigenvalue weighted by Gasteiger charge is 2.18. The molecule has 1 aromatic rings. The minimum Gasteiger partial charge on any atom is -0.480 e. The number of hydrogen-bond acceptors (Lipinski definition) is 5. The van der Waals surface area contributed by atoms with Gasteiger partial charge in [0.25, 0.3) is 0 Å². The van der Waals surface area contributed by atoms with E-state index in [9.17, 15) is 14.4 Å². The van der Waals surface area contributed by atoms with Crippen molar-refractivity contribution in [3.63, 3.8) is 0 Å². The minimum absolute atomic E-state index is 0.312. The van der Waals surface area contributed by atoms with E-state index in [2.05, 4.69) is 21.1 Å². The number of carboxylic acids is 1. The summed E-state index contributed by atoms with van der Waals surface area (Å²) in [5, 5.41) is 19.3. The molecule has 0 aliphatic heterocycles. The number of nitrogens with zero attached hydrogens (tertiary/aromatic N) is 1. The Hall–Kier alpha value is -2.58. The van der Waals surface area contributed by atoms with Gasteiger partial charge in [-0.3, -0.25) is 9.59 Å². The van der Waals surface area contributed by atoms with Gasteiger partial charge in [-0.1, -0.05) is 5.16 Å². The Kier molecular flexibility index (Phi) is 5.70. The molecular weight excluding hydrogens is 280 g/mol. The van der Waals surface area contributed by atoms with E-state index in [1.54, 1.807) is 20.8 Å². The molecular formula is C12H18N4O5. The van der Waals surface area contributed by atoms with Crippen LogP contribution in [-0.4, -0.2) is 41.3 Å². The lowest BCUT2D eigenvalue weighted by atomic mass is 10.1. The Labute approximate surface area is 121 Å². The lowest BCUT2D eigenvalue weighted by Crippen LogP contribution is -2.43. The average molecular weight is 298 g/mol. The first-order valence-corrected chi connectivity index (χ1v) is 6.27. The SMILES string of the molecule is Cc1noc(C)c1C(C)NC(=O)NCC(=O)NCC(=O)O. The van der Waals surface area contributed by atoms with Crippen molar-refractivity contribution in [2.45, 2.75) is 26.8 Å². The zero-order valence-corrected chi connectivity index (χ0v) is 12.0. The number of carbonyl (C=O) groups excluding carboxylic acids is 2. The average Bonchev–Trinajstić information content (AvgIpc) is 2.73. The summed E-state index contributed by atoms with van der Waals surface area (Å²) in [7, 11) is 0. The first kappa shape index (κ1) is 16.5. The van der Waals surface area contributed by atoms with E-state index in [1.165, 1.54) is 0 Å². The van der Waals surface area contributed by atoms with Gasteiger partial charge in [0.15, 0.2) is 0 Å². The molecule has 9 nitrogen and oxygen atoms in total. The molecule has 1 heterocycles. The number of amides is 3. The molecule has 9 heteroatoms. The lowest BCUT2D eigenvalue weighted by molar-refractivity contribution is -0.137. The molecule has 1 unspecified atom stereocenters. The maximum atomic E-state index is 11.6. The highest BCUT2D eigenvalue weighted by Crippen LogP contribution is 2.20. The Morgan fingerprint density at radius 2 is 1.90 bits per heavy atom. The van der Waals surface area contributed by atoms with Gasteiger partial charge < -0.3 is 25.6 Å². The second-order valence-corrected chi connectivity index (χ2v) is 4.46. The molecule has 0 aromatic carbocycles. The summed E-state index contributed by atoms with van der Waals surface area (Å²) in [6.45, 7) is 4.47. The summed E-state index contributed by atoms with van der Waals surface area (Å²) in [6, 6.07) is -0.883. The molecule has 0 fully saturated rings. The van der Waals surface area contributed by atoms with E-state index in [0.29, 0.717) is 11.5 Å². The van der Waals surface area contributed by atoms with Crippen LogP contribution in [0.4, 0.5) is 4.79 Å². The van der Waals surface area contributed by atoms with Crippen molar-refractivity contribution in [3.05, 3.63) is 17.0 Å². The fraction of sp³-hybridized carbons (Fsp3) is 0.500. The summed E-state index contributed by atoms with van der Waals surface area (Å²) >= 11 is 0. The third kappa shape index (κ3) is 5.13. The molecule has 3 amide bonds. The number of nitrogens with one attached hydrogen (secondary N) is 3. The summed E-state index contributed by atoms with van der Waals surface area (Å²) in [5.74, 6) is -1.13. The number of carbonyl (C=O) groups is 3. The Morgan fingerprint density at radius 1 is 1.24 bits per heavy atom. The molecule has 0 aliphatic carbocycles. The number of aryl methyl sites for hydroxylation is 2. The molecule has 0 radical (unpaired) electrons. The van der Waals surface area contributed by atoms with Gasteiger partial charge in [-0.15, -0.1) is 0 Å². The maximum Gasteiger partial charge on any atom is 0.322 e. The molecule has 0 aliphatic rings. The van der Waals surface area contributed by atoms with Crippen molar-refractivity contribution in [1.82, 2.24) is 21.1 Å². The zero-order valence-electron chi connectivity index (χ0n) is 12.0. The molecule has 1 rings (SSSR count). The lowest BCUT2D eigenvalue weighted by Gasteiger charge is -2.14. The highest BCUT2D eigenvalue weighted by atomic mass is 16.5. The van der Waals surface area contributed by atoms with Crippen molar-refractivity contribution in [2.24, 2.45) is 0 Å². The molecule has 116 valence electrons. The molecule has 4 N–H and O–H groups in total. The predicted octanol–water partition coefficient (Wildman–Crippen LogP) is -0.148. The third-order valence-corrected chi connectivity index (χ3v) is 2.72. The van der Waals surface area contributed by atoms with E-state index in [4.69, 9.17) is 9.63 Å². The number of urea groups is 1. The Balaban J connectivity index is 2.40. The van der Waals surface area contributed by atoms with Crippen molar-refractivity contribution >= 4 is 17.9 Å². The number of aliphatic carboxylic acids is 1. The van der Waals surface area contributed by atoms with Gasteiger partial charge in [-0.2, -0.15) is 0 Å². The van der Waals surface area contributed by atoms with E-state index in [-0.39, 0.29) is 12.6 Å². The van der Waals surface area contributed by atoms with Crippen LogP contribution >= 0.6 is 0 Å². The molecule has 21 heavy (non-hydrogen) atoms. The van der Waals surface area contributed by atoms with Crippen LogP contribution in [0.15, 0.2) is 4.52 Å². The van der Waals surface area contributed by atoms with Crippen LogP contribution in [0.25, 0.3) is 0 Å². The highest BCUT2D eigenvalue weighted by molar-refractivity contribution is 5.86. The Morgan fingerprint density at radius 3 is 2.43 bits per heavy atom. The van der Waals surface area contributed by atoms with Gasteiger partial charge in [-0.05, 0) is 20.8 Å². The standard InChI is InChI=1S/C12H18N4O5/c1-6(11-7(2)16-21-8(11)3)15-12(20)14-4-9(17)13-5-10(18)19/h6H,4-5H2,1-3H3,(H,13,17)(H,18,19)(H2,14,15,20). The zero-order chi connectivity index (χ0) is 16.0. The van der Waals surface area contributed by atoms with Crippen LogP contribution in [0.1, 0.15) is 30.0 Å². The van der Waals surface area contributed by atoms with Gasteiger partial charge in [-0.25, -0.2) is 4.79 Å². The monoisotopic (exact) mass is 298 g/mol. The number of hydrogen-bond donors (Lipinski definition) is 4. The van der Waals surface area contributed by atoms with Crippen molar-refractivity contribution in [1.29, 1.82) is 0 Å². The molecule has 0 bridgehead atoms. The van der Waals surface area contributed by atoms with Crippen molar-refractivity contribution < 1.29 is 24.0 Å². The van der Waals surface area contributed by atoms with Crippen LogP contribution in [0.5, 0.6) is 0 Å². The second kappa shape index (κ2) is 7.27. The van der Waals surface area contributed by atoms with E-state index >= 15 is 0 Å². The fourth-order valence-corrected chi connectivity index (χ4v) is 1.83. The fourth-order valence-electron chi connectivity index (χ4n) is 1.83. The van der Waals surface area contributed by atoms with Crippen LogP contribution < -0.4 is 16.0 Å². The van der Waals surface area contributed by atoms with Crippen LogP contribution in [0.2, 0.25) is 0 Å². The molecule has 1 atom stereocenters. The van der Waals surface area contributed by atoms with Gasteiger partial charge >= 0.3 is 12.0 Å². The second-order valence-electron chi connectivity index (χ2n) is 4.46. The normalized spacial score (nSPS) is 11.6. The van der Waals surface area contributed by atoms with Gasteiger partial charge in [0.2, 0.25) is 5.91 Å². The largest absolute Gasteiger partial charge is 0.480 e. The predicted molar refractivity (Wildman–Crippen MR) is 71.6 cm³/mol.